The zero-order valence-electron chi connectivity index (χ0n) is 31.1. The third kappa shape index (κ3) is 9.77. The SMILES string of the molecule is CC(C)(c1ccc(OCc2ccnc(NS(C)(=O)=O)n2)cc1)c1cc(Cl)c(OCCCOC(=O)Nc2ccc3c(c2)CN(C2CCC(=O)NC2=O)C3=O)c(C#N)c1. The molecule has 2 aliphatic rings. The number of imide groups is 1. The lowest BCUT2D eigenvalue weighted by molar-refractivity contribution is -0.136. The zero-order chi connectivity index (χ0) is 40.9. The van der Waals surface area contributed by atoms with Crippen molar-refractivity contribution >= 4 is 57.1 Å². The van der Waals surface area contributed by atoms with E-state index in [1.54, 1.807) is 48.5 Å². The summed E-state index contributed by atoms with van der Waals surface area (Å²) in [7, 11) is -3.52. The smallest absolute Gasteiger partial charge is 0.411 e. The molecule has 4 aromatic rings. The van der Waals surface area contributed by atoms with E-state index in [1.807, 2.05) is 26.0 Å². The summed E-state index contributed by atoms with van der Waals surface area (Å²) in [5, 5.41) is 15.1. The molecular weight excluding hydrogens is 778 g/mol. The Morgan fingerprint density at radius 2 is 1.82 bits per heavy atom. The molecule has 1 aromatic heterocycles. The van der Waals surface area contributed by atoms with Crippen LogP contribution >= 0.6 is 11.6 Å². The third-order valence-electron chi connectivity index (χ3n) is 9.38. The summed E-state index contributed by atoms with van der Waals surface area (Å²) in [6, 6.07) is 18.7. The number of halogens is 1. The number of hydrogen-bond donors (Lipinski definition) is 3. The molecule has 18 heteroatoms. The Bertz CT molecular complexity index is 2380. The fourth-order valence-corrected chi connectivity index (χ4v) is 7.08. The first-order valence-corrected chi connectivity index (χ1v) is 20.0. The van der Waals surface area contributed by atoms with Crippen LogP contribution in [0, 0.1) is 11.3 Å². The molecule has 1 saturated heterocycles. The summed E-state index contributed by atoms with van der Waals surface area (Å²) in [6.07, 6.45) is 2.43. The van der Waals surface area contributed by atoms with Crippen molar-refractivity contribution < 1.29 is 41.8 Å². The quantitative estimate of drug-likeness (QED) is 0.112. The van der Waals surface area contributed by atoms with Crippen LogP contribution in [0.5, 0.6) is 11.5 Å². The van der Waals surface area contributed by atoms with E-state index in [9.17, 15) is 32.9 Å². The first-order chi connectivity index (χ1) is 27.1. The molecule has 1 unspecified atom stereocenters. The van der Waals surface area contributed by atoms with Gasteiger partial charge >= 0.3 is 6.09 Å². The van der Waals surface area contributed by atoms with Gasteiger partial charge in [0.25, 0.3) is 5.91 Å². The Morgan fingerprint density at radius 1 is 1.05 bits per heavy atom. The number of rotatable bonds is 14. The number of ether oxygens (including phenoxy) is 3. The molecule has 4 amide bonds. The van der Waals surface area contributed by atoms with E-state index in [4.69, 9.17) is 25.8 Å². The van der Waals surface area contributed by atoms with Gasteiger partial charge in [-0.2, -0.15) is 5.26 Å². The van der Waals surface area contributed by atoms with Gasteiger partial charge in [0.1, 0.15) is 24.5 Å². The average Bonchev–Trinajstić information content (AvgIpc) is 3.48. The summed E-state index contributed by atoms with van der Waals surface area (Å²) in [5.74, 6) is -0.449. The molecular formula is C39H38ClN7O9S. The van der Waals surface area contributed by atoms with Gasteiger partial charge in [-0.3, -0.25) is 29.7 Å². The fourth-order valence-electron chi connectivity index (χ4n) is 6.37. The second kappa shape index (κ2) is 16.9. The summed E-state index contributed by atoms with van der Waals surface area (Å²) in [6.45, 7) is 4.35. The molecule has 3 heterocycles. The number of sulfonamides is 1. The van der Waals surface area contributed by atoms with Crippen molar-refractivity contribution in [2.45, 2.75) is 57.7 Å². The van der Waals surface area contributed by atoms with Crippen molar-refractivity contribution in [3.8, 4) is 17.6 Å². The highest BCUT2D eigenvalue weighted by Crippen LogP contribution is 2.39. The van der Waals surface area contributed by atoms with E-state index in [0.29, 0.717) is 34.7 Å². The van der Waals surface area contributed by atoms with Gasteiger partial charge in [-0.1, -0.05) is 37.6 Å². The van der Waals surface area contributed by atoms with Crippen LogP contribution in [-0.4, -0.2) is 72.6 Å². The largest absolute Gasteiger partial charge is 0.490 e. The molecule has 16 nitrogen and oxygen atoms in total. The number of anilines is 2. The number of amides is 4. The van der Waals surface area contributed by atoms with E-state index < -0.39 is 33.5 Å². The standard InChI is InChI=1S/C39H38ClN7O9S/c1-39(2,25-5-8-29(9-6-25)56-22-28-13-14-42-37(43-28)46-57(3,52)53)26-17-23(20-41)34(31(40)19-26)54-15-4-16-55-38(51)44-27-7-10-30-24(18-27)21-47(36(30)50)32-11-12-33(48)45-35(32)49/h5-10,13-14,17-19,32H,4,11-12,15-16,21-22H2,1-3H3,(H,44,51)(H,42,43,46)(H,45,48,49). The Labute approximate surface area is 333 Å². The Balaban J connectivity index is 0.981. The number of nitrogens with one attached hydrogen (secondary N) is 3. The lowest BCUT2D eigenvalue weighted by Crippen LogP contribution is -2.52. The predicted octanol–water partition coefficient (Wildman–Crippen LogP) is 5.06. The molecule has 1 atom stereocenters. The van der Waals surface area contributed by atoms with Crippen LogP contribution in [0.4, 0.5) is 16.4 Å². The normalized spacial score (nSPS) is 15.3. The maximum atomic E-state index is 12.9. The Kier molecular flexibility index (Phi) is 12.0. The number of hydrogen-bond acceptors (Lipinski definition) is 12. The van der Waals surface area contributed by atoms with Crippen LogP contribution in [0.15, 0.2) is 66.9 Å². The second-order valence-electron chi connectivity index (χ2n) is 13.9. The van der Waals surface area contributed by atoms with Crippen LogP contribution < -0.4 is 24.8 Å². The Hall–Kier alpha value is -6.25. The molecule has 6 rings (SSSR count). The summed E-state index contributed by atoms with van der Waals surface area (Å²) in [4.78, 5) is 58.8. The molecule has 0 saturated carbocycles. The van der Waals surface area contributed by atoms with Crippen molar-refractivity contribution in [1.29, 1.82) is 5.26 Å². The topological polar surface area (TPSA) is 219 Å². The van der Waals surface area contributed by atoms with E-state index in [0.717, 1.165) is 17.4 Å². The van der Waals surface area contributed by atoms with Gasteiger partial charge in [-0.15, -0.1) is 0 Å². The first-order valence-electron chi connectivity index (χ1n) is 17.7. The van der Waals surface area contributed by atoms with Gasteiger partial charge in [-0.05, 0) is 71.6 Å². The average molecular weight is 816 g/mol. The number of carbonyl (C=O) groups is 4. The van der Waals surface area contributed by atoms with E-state index in [1.165, 1.54) is 11.1 Å². The second-order valence-corrected chi connectivity index (χ2v) is 16.0. The molecule has 3 aromatic carbocycles. The van der Waals surface area contributed by atoms with Crippen molar-refractivity contribution in [3.05, 3.63) is 105 Å². The van der Waals surface area contributed by atoms with Crippen LogP contribution in [0.1, 0.15) is 71.4 Å². The van der Waals surface area contributed by atoms with E-state index >= 15 is 0 Å². The van der Waals surface area contributed by atoms with Crippen LogP contribution in [-0.2, 0) is 42.9 Å². The van der Waals surface area contributed by atoms with E-state index in [-0.39, 0.29) is 73.3 Å². The molecule has 296 valence electrons. The molecule has 2 aliphatic heterocycles. The van der Waals surface area contributed by atoms with Gasteiger partial charge in [-0.25, -0.2) is 23.2 Å². The number of nitrogens with zero attached hydrogens (tertiary/aromatic N) is 4. The molecule has 0 aliphatic carbocycles. The zero-order valence-corrected chi connectivity index (χ0v) is 32.7. The highest BCUT2D eigenvalue weighted by Gasteiger charge is 2.39. The minimum Gasteiger partial charge on any atom is -0.490 e. The Morgan fingerprint density at radius 3 is 2.54 bits per heavy atom. The highest BCUT2D eigenvalue weighted by atomic mass is 35.5. The fraction of sp³-hybridized carbons (Fsp3) is 0.308. The van der Waals surface area contributed by atoms with Crippen molar-refractivity contribution in [2.24, 2.45) is 0 Å². The number of carbonyl (C=O) groups excluding carboxylic acids is 4. The molecule has 0 spiro atoms. The lowest BCUT2D eigenvalue weighted by Gasteiger charge is -2.29. The predicted molar refractivity (Wildman–Crippen MR) is 207 cm³/mol. The van der Waals surface area contributed by atoms with Gasteiger partial charge in [0.05, 0.1) is 35.7 Å². The summed E-state index contributed by atoms with van der Waals surface area (Å²) >= 11 is 6.65. The molecule has 3 N–H and O–H groups in total. The monoisotopic (exact) mass is 815 g/mol. The molecule has 57 heavy (non-hydrogen) atoms. The number of nitriles is 1. The van der Waals surface area contributed by atoms with Gasteiger partial charge in [0, 0.05) is 42.2 Å². The van der Waals surface area contributed by atoms with Gasteiger partial charge in [0.2, 0.25) is 27.8 Å². The van der Waals surface area contributed by atoms with Crippen molar-refractivity contribution in [1.82, 2.24) is 20.2 Å². The van der Waals surface area contributed by atoms with Gasteiger partial charge in [0.15, 0.2) is 5.75 Å². The maximum Gasteiger partial charge on any atom is 0.411 e. The lowest BCUT2D eigenvalue weighted by atomic mass is 9.77. The summed E-state index contributed by atoms with van der Waals surface area (Å²) < 4.78 is 42.2. The minimum absolute atomic E-state index is 0.00335. The van der Waals surface area contributed by atoms with Gasteiger partial charge < -0.3 is 19.1 Å². The van der Waals surface area contributed by atoms with E-state index in [2.05, 4.69) is 31.4 Å². The van der Waals surface area contributed by atoms with Crippen LogP contribution in [0.25, 0.3) is 0 Å². The highest BCUT2D eigenvalue weighted by molar-refractivity contribution is 7.92. The maximum absolute atomic E-state index is 12.9. The number of benzene rings is 3. The molecule has 1 fully saturated rings. The molecule has 0 radical (unpaired) electrons. The van der Waals surface area contributed by atoms with Crippen molar-refractivity contribution in [2.75, 3.05) is 29.5 Å². The van der Waals surface area contributed by atoms with Crippen LogP contribution in [0.3, 0.4) is 0 Å². The number of piperidine rings is 1. The van der Waals surface area contributed by atoms with Crippen molar-refractivity contribution in [3.63, 3.8) is 0 Å². The first kappa shape index (κ1) is 40.4. The summed E-state index contributed by atoms with van der Waals surface area (Å²) in [5.41, 5.74) is 3.31. The molecule has 0 bridgehead atoms. The minimum atomic E-state index is -3.52. The van der Waals surface area contributed by atoms with Crippen LogP contribution in [0.2, 0.25) is 5.02 Å². The third-order valence-corrected chi connectivity index (χ3v) is 10.2. The number of aromatic nitrogens is 2. The number of fused-ring (bicyclic) bond motifs is 1.